The van der Waals surface area contributed by atoms with Crippen LogP contribution in [0.3, 0.4) is 0 Å². The largest absolute Gasteiger partial charge is 0.483 e. The molecular weight excluding hydrogens is 288 g/mol. The van der Waals surface area contributed by atoms with Gasteiger partial charge in [-0.25, -0.2) is 8.78 Å². The molecule has 0 bridgehead atoms. The van der Waals surface area contributed by atoms with Gasteiger partial charge in [-0.05, 0) is 11.6 Å². The lowest BCUT2D eigenvalue weighted by molar-refractivity contribution is 0.274. The molecule has 2 rings (SSSR count). The van der Waals surface area contributed by atoms with Gasteiger partial charge in [0.25, 0.3) is 0 Å². The standard InChI is InChI=1S/C16H15F2N3O/c17-13-8-12(21-7-6-15(19)20)9-14(18)16(13)22-10-11-4-2-1-3-5-11/h1-9,21H,10H2,(H3,19,20)/b7-6-. The van der Waals surface area contributed by atoms with Crippen LogP contribution in [0, 0.1) is 17.0 Å². The molecule has 2 aromatic rings. The highest BCUT2D eigenvalue weighted by Gasteiger charge is 2.12. The molecule has 114 valence electrons. The van der Waals surface area contributed by atoms with Gasteiger partial charge in [0, 0.05) is 24.0 Å². The summed E-state index contributed by atoms with van der Waals surface area (Å²) in [6.07, 6.45) is 2.58. The van der Waals surface area contributed by atoms with Crippen molar-refractivity contribution >= 4 is 11.5 Å². The van der Waals surface area contributed by atoms with Crippen LogP contribution in [0.15, 0.2) is 54.7 Å². The summed E-state index contributed by atoms with van der Waals surface area (Å²) >= 11 is 0. The number of amidine groups is 1. The van der Waals surface area contributed by atoms with E-state index in [4.69, 9.17) is 15.9 Å². The van der Waals surface area contributed by atoms with Crippen LogP contribution in [0.25, 0.3) is 0 Å². The minimum atomic E-state index is -0.811. The molecule has 4 N–H and O–H groups in total. The Bertz CT molecular complexity index is 664. The normalized spacial score (nSPS) is 10.6. The van der Waals surface area contributed by atoms with Crippen molar-refractivity contribution < 1.29 is 13.5 Å². The fourth-order valence-corrected chi connectivity index (χ4v) is 1.74. The second kappa shape index (κ2) is 7.21. The van der Waals surface area contributed by atoms with Crippen molar-refractivity contribution in [2.45, 2.75) is 6.61 Å². The van der Waals surface area contributed by atoms with E-state index >= 15 is 0 Å². The second-order valence-electron chi connectivity index (χ2n) is 4.48. The summed E-state index contributed by atoms with van der Waals surface area (Å²) in [5, 5.41) is 9.62. The lowest BCUT2D eigenvalue weighted by atomic mass is 10.2. The summed E-state index contributed by atoms with van der Waals surface area (Å²) in [7, 11) is 0. The molecule has 0 heterocycles. The number of hydrogen-bond donors (Lipinski definition) is 3. The van der Waals surface area contributed by atoms with E-state index in [1.165, 1.54) is 12.3 Å². The van der Waals surface area contributed by atoms with Crippen LogP contribution < -0.4 is 15.8 Å². The first-order valence-corrected chi connectivity index (χ1v) is 6.49. The fraction of sp³-hybridized carbons (Fsp3) is 0.0625. The molecule has 0 amide bonds. The van der Waals surface area contributed by atoms with Crippen LogP contribution in [0.4, 0.5) is 14.5 Å². The molecule has 0 aliphatic heterocycles. The lowest BCUT2D eigenvalue weighted by Gasteiger charge is -2.10. The van der Waals surface area contributed by atoms with E-state index in [1.807, 2.05) is 18.2 Å². The van der Waals surface area contributed by atoms with Crippen LogP contribution in [0.2, 0.25) is 0 Å². The van der Waals surface area contributed by atoms with Gasteiger partial charge in [0.2, 0.25) is 0 Å². The zero-order valence-corrected chi connectivity index (χ0v) is 11.6. The highest BCUT2D eigenvalue weighted by molar-refractivity contribution is 5.88. The van der Waals surface area contributed by atoms with Crippen LogP contribution in [-0.2, 0) is 6.61 Å². The Morgan fingerprint density at radius 3 is 2.41 bits per heavy atom. The lowest BCUT2D eigenvalue weighted by Crippen LogP contribution is -2.05. The zero-order chi connectivity index (χ0) is 15.9. The van der Waals surface area contributed by atoms with Crippen molar-refractivity contribution in [3.05, 3.63) is 71.9 Å². The van der Waals surface area contributed by atoms with Gasteiger partial charge >= 0.3 is 0 Å². The molecule has 0 aromatic heterocycles. The van der Waals surface area contributed by atoms with Gasteiger partial charge in [-0.1, -0.05) is 30.3 Å². The highest BCUT2D eigenvalue weighted by Crippen LogP contribution is 2.26. The molecule has 4 nitrogen and oxygen atoms in total. The first kappa shape index (κ1) is 15.5. The Morgan fingerprint density at radius 2 is 1.82 bits per heavy atom. The molecular formula is C16H15F2N3O. The van der Waals surface area contributed by atoms with Crippen molar-refractivity contribution in [2.75, 3.05) is 5.32 Å². The van der Waals surface area contributed by atoms with E-state index in [1.54, 1.807) is 12.1 Å². The van der Waals surface area contributed by atoms with E-state index < -0.39 is 17.4 Å². The molecule has 0 aliphatic rings. The van der Waals surface area contributed by atoms with Gasteiger partial charge in [0.05, 0.1) is 0 Å². The zero-order valence-electron chi connectivity index (χ0n) is 11.6. The molecule has 0 saturated carbocycles. The van der Waals surface area contributed by atoms with E-state index in [9.17, 15) is 8.78 Å². The number of anilines is 1. The van der Waals surface area contributed by atoms with Crippen molar-refractivity contribution in [3.63, 3.8) is 0 Å². The number of halogens is 2. The van der Waals surface area contributed by atoms with E-state index in [0.29, 0.717) is 0 Å². The Morgan fingerprint density at radius 1 is 1.18 bits per heavy atom. The monoisotopic (exact) mass is 303 g/mol. The molecule has 0 saturated heterocycles. The summed E-state index contributed by atoms with van der Waals surface area (Å²) < 4.78 is 33.0. The molecule has 6 heteroatoms. The van der Waals surface area contributed by atoms with E-state index in [0.717, 1.165) is 17.7 Å². The maximum atomic E-state index is 13.9. The number of benzene rings is 2. The fourth-order valence-electron chi connectivity index (χ4n) is 1.74. The maximum absolute atomic E-state index is 13.9. The summed E-state index contributed by atoms with van der Waals surface area (Å²) in [6, 6.07) is 11.3. The predicted molar refractivity (Wildman–Crippen MR) is 81.8 cm³/mol. The van der Waals surface area contributed by atoms with Crippen molar-refractivity contribution in [3.8, 4) is 5.75 Å². The topological polar surface area (TPSA) is 71.1 Å². The Labute approximate surface area is 126 Å². The number of ether oxygens (including phenoxy) is 1. The quantitative estimate of drug-likeness (QED) is 0.566. The van der Waals surface area contributed by atoms with Gasteiger partial charge in [-0.15, -0.1) is 0 Å². The maximum Gasteiger partial charge on any atom is 0.191 e. The number of nitrogens with one attached hydrogen (secondary N) is 2. The molecule has 0 aliphatic carbocycles. The van der Waals surface area contributed by atoms with E-state index in [2.05, 4.69) is 5.32 Å². The summed E-state index contributed by atoms with van der Waals surface area (Å²) in [6.45, 7) is 0.0751. The third-order valence-corrected chi connectivity index (χ3v) is 2.74. The SMILES string of the molecule is N=C(N)/C=C\Nc1cc(F)c(OCc2ccccc2)c(F)c1. The first-order chi connectivity index (χ1) is 10.6. The smallest absolute Gasteiger partial charge is 0.191 e. The minimum absolute atomic E-state index is 0.0751. The molecule has 0 spiro atoms. The molecule has 0 atom stereocenters. The van der Waals surface area contributed by atoms with Crippen molar-refractivity contribution in [1.82, 2.24) is 0 Å². The van der Waals surface area contributed by atoms with Crippen LogP contribution in [-0.4, -0.2) is 5.84 Å². The Kier molecular flexibility index (Phi) is 5.08. The Hall–Kier alpha value is -2.89. The van der Waals surface area contributed by atoms with E-state index in [-0.39, 0.29) is 18.1 Å². The minimum Gasteiger partial charge on any atom is -0.483 e. The third-order valence-electron chi connectivity index (χ3n) is 2.74. The molecule has 0 fully saturated rings. The van der Waals surface area contributed by atoms with Gasteiger partial charge in [-0.3, -0.25) is 5.41 Å². The van der Waals surface area contributed by atoms with Gasteiger partial charge in [0.1, 0.15) is 12.4 Å². The van der Waals surface area contributed by atoms with Gasteiger partial charge in [0.15, 0.2) is 17.4 Å². The van der Waals surface area contributed by atoms with Crippen molar-refractivity contribution in [2.24, 2.45) is 5.73 Å². The Balaban J connectivity index is 2.08. The average Bonchev–Trinajstić information content (AvgIpc) is 2.47. The molecule has 0 radical (unpaired) electrons. The predicted octanol–water partition coefficient (Wildman–Crippen LogP) is 3.41. The third kappa shape index (κ3) is 4.31. The summed E-state index contributed by atoms with van der Waals surface area (Å²) in [5.41, 5.74) is 6.13. The number of hydrogen-bond acceptors (Lipinski definition) is 3. The first-order valence-electron chi connectivity index (χ1n) is 6.49. The summed E-state index contributed by atoms with van der Waals surface area (Å²) in [4.78, 5) is 0. The van der Waals surface area contributed by atoms with Gasteiger partial charge in [-0.2, -0.15) is 0 Å². The number of nitrogens with two attached hydrogens (primary N) is 1. The summed E-state index contributed by atoms with van der Waals surface area (Å²) in [5.74, 6) is -2.22. The number of rotatable bonds is 6. The average molecular weight is 303 g/mol. The molecule has 0 unspecified atom stereocenters. The highest BCUT2D eigenvalue weighted by atomic mass is 19.1. The van der Waals surface area contributed by atoms with Gasteiger partial charge < -0.3 is 15.8 Å². The molecule has 2 aromatic carbocycles. The van der Waals surface area contributed by atoms with Crippen molar-refractivity contribution in [1.29, 1.82) is 5.41 Å². The second-order valence-corrected chi connectivity index (χ2v) is 4.48. The molecule has 22 heavy (non-hydrogen) atoms. The van der Waals surface area contributed by atoms with Crippen LogP contribution >= 0.6 is 0 Å². The van der Waals surface area contributed by atoms with Crippen LogP contribution in [0.1, 0.15) is 5.56 Å². The van der Waals surface area contributed by atoms with Crippen LogP contribution in [0.5, 0.6) is 5.75 Å².